The van der Waals surface area contributed by atoms with Crippen LogP contribution >= 0.6 is 0 Å². The fourth-order valence-electron chi connectivity index (χ4n) is 3.91. The van der Waals surface area contributed by atoms with Crippen LogP contribution in [-0.4, -0.2) is 53.4 Å². The van der Waals surface area contributed by atoms with Crippen LogP contribution in [0.2, 0.25) is 25.7 Å². The summed E-state index contributed by atoms with van der Waals surface area (Å²) in [7, 11) is 0.462. The van der Waals surface area contributed by atoms with Crippen LogP contribution in [0.1, 0.15) is 11.7 Å². The molecule has 0 saturated carbocycles. The van der Waals surface area contributed by atoms with Crippen LogP contribution in [0.15, 0.2) is 60.8 Å². The van der Waals surface area contributed by atoms with Gasteiger partial charge in [-0.2, -0.15) is 5.10 Å². The molecule has 0 aliphatic heterocycles. The first-order chi connectivity index (χ1) is 16.8. The maximum absolute atomic E-state index is 10.1. The molecule has 2 aromatic heterocycles. The summed E-state index contributed by atoms with van der Waals surface area (Å²) in [6.45, 7) is 7.67. The first-order valence-corrected chi connectivity index (χ1v) is 15.5. The molecule has 0 radical (unpaired) electrons. The third-order valence-corrected chi connectivity index (χ3v) is 7.64. The summed E-state index contributed by atoms with van der Waals surface area (Å²) in [6.07, 6.45) is 0.880. The quantitative estimate of drug-likeness (QED) is 0.237. The minimum absolute atomic E-state index is 0.320. The summed E-state index contributed by atoms with van der Waals surface area (Å²) in [5, 5.41) is 25.2. The number of nitrogens with zero attached hydrogens (tertiary/aromatic N) is 3. The van der Waals surface area contributed by atoms with E-state index in [0.717, 1.165) is 45.2 Å². The van der Waals surface area contributed by atoms with Gasteiger partial charge in [0, 0.05) is 37.4 Å². The first kappa shape index (κ1) is 25.1. The van der Waals surface area contributed by atoms with Crippen molar-refractivity contribution in [2.24, 2.45) is 0 Å². The molecule has 1 atom stereocenters. The minimum atomic E-state index is -1.19. The number of para-hydroxylation sites is 1. The SMILES string of the molecule is COc1ccccc1-c1nn(COCC[Si](C)(C)C)c2ncc(-c3cccc(C(O)CO)c3)cc12. The molecular weight excluding hydrogens is 458 g/mol. The van der Waals surface area contributed by atoms with Crippen molar-refractivity contribution in [2.75, 3.05) is 20.3 Å². The normalized spacial score (nSPS) is 12.7. The van der Waals surface area contributed by atoms with Crippen molar-refractivity contribution in [1.29, 1.82) is 0 Å². The van der Waals surface area contributed by atoms with Crippen molar-refractivity contribution < 1.29 is 19.7 Å². The van der Waals surface area contributed by atoms with Crippen molar-refractivity contribution in [1.82, 2.24) is 14.8 Å². The zero-order valence-corrected chi connectivity index (χ0v) is 21.7. The average molecular weight is 492 g/mol. The molecule has 35 heavy (non-hydrogen) atoms. The standard InChI is InChI=1S/C27H33N3O4Si/c1-33-25-11-6-5-10-22(25)26-23-15-21(19-8-7-9-20(14-19)24(32)17-31)16-28-27(23)30(29-26)18-34-12-13-35(2,3)4/h5-11,14-16,24,31-32H,12-13,17-18H2,1-4H3. The maximum Gasteiger partial charge on any atom is 0.160 e. The van der Waals surface area contributed by atoms with Gasteiger partial charge in [-0.05, 0) is 41.4 Å². The van der Waals surface area contributed by atoms with Crippen LogP contribution in [0.3, 0.4) is 0 Å². The number of methoxy groups -OCH3 is 1. The number of aromatic nitrogens is 3. The fraction of sp³-hybridized carbons (Fsp3) is 0.333. The molecule has 2 N–H and O–H groups in total. The number of aliphatic hydroxyl groups excluding tert-OH is 2. The molecule has 0 amide bonds. The molecule has 1 unspecified atom stereocenters. The van der Waals surface area contributed by atoms with E-state index in [1.54, 1.807) is 24.1 Å². The van der Waals surface area contributed by atoms with Crippen molar-refractivity contribution in [3.63, 3.8) is 0 Å². The van der Waals surface area contributed by atoms with E-state index in [-0.39, 0.29) is 6.61 Å². The van der Waals surface area contributed by atoms with Crippen molar-refractivity contribution in [3.05, 3.63) is 66.4 Å². The number of hydrogen-bond donors (Lipinski definition) is 2. The summed E-state index contributed by atoms with van der Waals surface area (Å²) in [5.74, 6) is 0.733. The van der Waals surface area contributed by atoms with Gasteiger partial charge in [0.15, 0.2) is 5.65 Å². The molecule has 8 heteroatoms. The van der Waals surface area contributed by atoms with E-state index in [2.05, 4.69) is 25.7 Å². The van der Waals surface area contributed by atoms with Gasteiger partial charge in [0.1, 0.15) is 24.3 Å². The number of hydrogen-bond acceptors (Lipinski definition) is 6. The maximum atomic E-state index is 10.1. The Kier molecular flexibility index (Phi) is 7.66. The number of rotatable bonds is 10. The molecule has 2 heterocycles. The topological polar surface area (TPSA) is 89.6 Å². The van der Waals surface area contributed by atoms with Crippen LogP contribution in [0.4, 0.5) is 0 Å². The molecule has 0 aliphatic rings. The summed E-state index contributed by atoms with van der Waals surface area (Å²) in [5.41, 5.74) is 4.82. The highest BCUT2D eigenvalue weighted by Crippen LogP contribution is 2.35. The van der Waals surface area contributed by atoms with Gasteiger partial charge >= 0.3 is 0 Å². The van der Waals surface area contributed by atoms with Gasteiger partial charge in [0.2, 0.25) is 0 Å². The molecule has 184 valence electrons. The number of aliphatic hydroxyl groups is 2. The Balaban J connectivity index is 1.77. The largest absolute Gasteiger partial charge is 0.496 e. The Bertz CT molecular complexity index is 1300. The molecule has 4 aromatic rings. The van der Waals surface area contributed by atoms with E-state index in [9.17, 15) is 10.2 Å². The number of benzene rings is 2. The number of ether oxygens (including phenoxy) is 2. The molecule has 0 saturated heterocycles. The second kappa shape index (κ2) is 10.7. The predicted octanol–water partition coefficient (Wildman–Crippen LogP) is 5.11. The van der Waals surface area contributed by atoms with Crippen LogP contribution in [0, 0.1) is 0 Å². The van der Waals surface area contributed by atoms with Crippen LogP contribution in [-0.2, 0) is 11.5 Å². The molecule has 0 aliphatic carbocycles. The van der Waals surface area contributed by atoms with Crippen molar-refractivity contribution in [2.45, 2.75) is 38.5 Å². The lowest BCUT2D eigenvalue weighted by Gasteiger charge is -2.15. The van der Waals surface area contributed by atoms with E-state index >= 15 is 0 Å². The van der Waals surface area contributed by atoms with E-state index in [1.165, 1.54) is 0 Å². The monoisotopic (exact) mass is 491 g/mol. The molecule has 0 bridgehead atoms. The lowest BCUT2D eigenvalue weighted by atomic mass is 10.0. The first-order valence-electron chi connectivity index (χ1n) is 11.8. The highest BCUT2D eigenvalue weighted by atomic mass is 28.3. The van der Waals surface area contributed by atoms with Crippen molar-refractivity contribution in [3.8, 4) is 28.1 Å². The summed E-state index contributed by atoms with van der Waals surface area (Å²) in [6, 6.07) is 18.4. The van der Waals surface area contributed by atoms with Crippen LogP contribution in [0.25, 0.3) is 33.4 Å². The fourth-order valence-corrected chi connectivity index (χ4v) is 4.66. The lowest BCUT2D eigenvalue weighted by Crippen LogP contribution is -2.22. The Hall–Kier alpha value is -3.04. The zero-order valence-electron chi connectivity index (χ0n) is 20.7. The third-order valence-electron chi connectivity index (χ3n) is 5.94. The molecule has 2 aromatic carbocycles. The van der Waals surface area contributed by atoms with Crippen LogP contribution in [0.5, 0.6) is 5.75 Å². The second-order valence-electron chi connectivity index (χ2n) is 9.82. The van der Waals surface area contributed by atoms with Gasteiger partial charge < -0.3 is 19.7 Å². The summed E-state index contributed by atoms with van der Waals surface area (Å²) < 4.78 is 13.4. The average Bonchev–Trinajstić information content (AvgIpc) is 3.23. The van der Waals surface area contributed by atoms with Crippen LogP contribution < -0.4 is 4.74 Å². The molecule has 0 spiro atoms. The van der Waals surface area contributed by atoms with Crippen molar-refractivity contribution >= 4 is 19.1 Å². The number of fused-ring (bicyclic) bond motifs is 1. The van der Waals surface area contributed by atoms with Gasteiger partial charge in [-0.1, -0.05) is 50.0 Å². The second-order valence-corrected chi connectivity index (χ2v) is 15.4. The Morgan fingerprint density at radius 3 is 2.57 bits per heavy atom. The minimum Gasteiger partial charge on any atom is -0.496 e. The van der Waals surface area contributed by atoms with Gasteiger partial charge in [-0.15, -0.1) is 0 Å². The Morgan fingerprint density at radius 1 is 1.03 bits per heavy atom. The van der Waals surface area contributed by atoms with Gasteiger partial charge in [0.25, 0.3) is 0 Å². The predicted molar refractivity (Wildman–Crippen MR) is 141 cm³/mol. The molecule has 4 rings (SSSR count). The molecular formula is C27H33N3O4Si. The zero-order chi connectivity index (χ0) is 25.0. The van der Waals surface area contributed by atoms with E-state index < -0.39 is 14.2 Å². The molecule has 7 nitrogen and oxygen atoms in total. The van der Waals surface area contributed by atoms with Gasteiger partial charge in [0.05, 0.1) is 13.7 Å². The third kappa shape index (κ3) is 5.79. The Morgan fingerprint density at radius 2 is 1.83 bits per heavy atom. The smallest absolute Gasteiger partial charge is 0.160 e. The van der Waals surface area contributed by atoms with Gasteiger partial charge in [-0.25, -0.2) is 9.67 Å². The van der Waals surface area contributed by atoms with Gasteiger partial charge in [-0.3, -0.25) is 0 Å². The molecule has 0 fully saturated rings. The summed E-state index contributed by atoms with van der Waals surface area (Å²) >= 11 is 0. The van der Waals surface area contributed by atoms with E-state index in [4.69, 9.17) is 19.6 Å². The number of pyridine rings is 1. The summed E-state index contributed by atoms with van der Waals surface area (Å²) in [4.78, 5) is 4.76. The highest BCUT2D eigenvalue weighted by molar-refractivity contribution is 6.76. The highest BCUT2D eigenvalue weighted by Gasteiger charge is 2.19. The van der Waals surface area contributed by atoms with E-state index in [1.807, 2.05) is 42.5 Å². The van der Waals surface area contributed by atoms with E-state index in [0.29, 0.717) is 18.9 Å². The lowest BCUT2D eigenvalue weighted by molar-refractivity contribution is 0.0814. The Labute approximate surface area is 207 Å².